The Hall–Kier alpha value is -3.51. The number of aromatic nitrogens is 4. The van der Waals surface area contributed by atoms with Crippen LogP contribution in [0.1, 0.15) is 12.5 Å². The molecule has 10 nitrogen and oxygen atoms in total. The van der Waals surface area contributed by atoms with Gasteiger partial charge >= 0.3 is 6.09 Å². The fourth-order valence-electron chi connectivity index (χ4n) is 3.10. The predicted octanol–water partition coefficient (Wildman–Crippen LogP) is 5.05. The number of hydrogen-bond acceptors (Lipinski definition) is 8. The number of anilines is 2. The van der Waals surface area contributed by atoms with E-state index in [1.807, 2.05) is 18.2 Å². The topological polar surface area (TPSA) is 131 Å². The zero-order valence-corrected chi connectivity index (χ0v) is 20.7. The molecule has 2 heterocycles. The van der Waals surface area contributed by atoms with E-state index in [0.29, 0.717) is 27.8 Å². The maximum absolute atomic E-state index is 12.9. The van der Waals surface area contributed by atoms with Gasteiger partial charge in [0.05, 0.1) is 32.5 Å². The molecule has 2 aromatic carbocycles. The molecule has 0 bridgehead atoms. The molecule has 2 aromatic heterocycles. The maximum atomic E-state index is 12.9. The van der Waals surface area contributed by atoms with Gasteiger partial charge in [-0.3, -0.25) is 5.10 Å². The lowest BCUT2D eigenvalue weighted by molar-refractivity contribution is 0.164. The maximum Gasteiger partial charge on any atom is 0.442 e. The largest absolute Gasteiger partial charge is 0.488 e. The van der Waals surface area contributed by atoms with Crippen molar-refractivity contribution in [2.75, 3.05) is 18.2 Å². The SMILES string of the molecule is CCOC(=O)N=S(C)(=O)c1cccc(COc2cc3ncnc(Nc4ccn[nH]4)c3cc2Br)c1. The molecule has 34 heavy (non-hydrogen) atoms. The first kappa shape index (κ1) is 23.6. The minimum Gasteiger partial charge on any atom is -0.488 e. The molecule has 0 spiro atoms. The van der Waals surface area contributed by atoms with E-state index in [2.05, 4.69) is 45.8 Å². The van der Waals surface area contributed by atoms with Crippen LogP contribution >= 0.6 is 15.9 Å². The van der Waals surface area contributed by atoms with Gasteiger partial charge in [-0.15, -0.1) is 4.36 Å². The third kappa shape index (κ3) is 5.51. The second kappa shape index (κ2) is 10.2. The van der Waals surface area contributed by atoms with Crippen molar-refractivity contribution in [3.05, 3.63) is 65.0 Å². The standard InChI is InChI=1S/C22H21BrN6O4S/c1-3-32-22(30)29-34(2,31)15-6-4-5-14(9-15)12-33-19-11-18-16(10-17(19)23)21(25-13-24-18)27-20-7-8-26-28-20/h4-11,13H,3,12H2,1-2H3,(H2,24,25,26,27,28). The number of halogens is 1. The van der Waals surface area contributed by atoms with Crippen LogP contribution in [-0.4, -0.2) is 43.3 Å². The molecule has 176 valence electrons. The molecule has 0 saturated heterocycles. The fourth-order valence-corrected chi connectivity index (χ4v) is 4.70. The van der Waals surface area contributed by atoms with E-state index in [1.165, 1.54) is 12.6 Å². The highest BCUT2D eigenvalue weighted by Gasteiger charge is 2.13. The number of benzene rings is 2. The molecular weight excluding hydrogens is 524 g/mol. The average molecular weight is 545 g/mol. The Labute approximate surface area is 204 Å². The van der Waals surface area contributed by atoms with Crippen LogP contribution in [0.4, 0.5) is 16.4 Å². The molecule has 1 amide bonds. The first-order chi connectivity index (χ1) is 16.4. The van der Waals surface area contributed by atoms with Gasteiger partial charge in [0.1, 0.15) is 30.3 Å². The summed E-state index contributed by atoms with van der Waals surface area (Å²) in [6.07, 6.45) is 3.66. The molecule has 0 aliphatic carbocycles. The number of fused-ring (bicyclic) bond motifs is 1. The van der Waals surface area contributed by atoms with E-state index in [1.54, 1.807) is 37.4 Å². The molecule has 0 fully saturated rings. The van der Waals surface area contributed by atoms with E-state index in [0.717, 1.165) is 15.4 Å². The van der Waals surface area contributed by atoms with Gasteiger partial charge in [0.2, 0.25) is 0 Å². The van der Waals surface area contributed by atoms with Crippen molar-refractivity contribution in [2.45, 2.75) is 18.4 Å². The van der Waals surface area contributed by atoms with Crippen molar-refractivity contribution in [2.24, 2.45) is 4.36 Å². The van der Waals surface area contributed by atoms with Crippen LogP contribution in [-0.2, 0) is 21.1 Å². The summed E-state index contributed by atoms with van der Waals surface area (Å²) in [6, 6.07) is 12.4. The first-order valence-electron chi connectivity index (χ1n) is 10.2. The number of carbonyl (C=O) groups is 1. The summed E-state index contributed by atoms with van der Waals surface area (Å²) in [6.45, 7) is 2.03. The van der Waals surface area contributed by atoms with E-state index < -0.39 is 15.8 Å². The molecule has 4 rings (SSSR count). The molecular formula is C22H21BrN6O4S. The minimum atomic E-state index is -2.95. The van der Waals surface area contributed by atoms with Crippen molar-refractivity contribution >= 4 is 54.3 Å². The average Bonchev–Trinajstić information content (AvgIpc) is 3.31. The summed E-state index contributed by atoms with van der Waals surface area (Å²) in [5, 5.41) is 10.7. The molecule has 1 atom stereocenters. The number of rotatable bonds is 7. The zero-order chi connectivity index (χ0) is 24.1. The van der Waals surface area contributed by atoms with Crippen molar-refractivity contribution in [1.82, 2.24) is 20.2 Å². The smallest absolute Gasteiger partial charge is 0.442 e. The van der Waals surface area contributed by atoms with Crippen LogP contribution in [0.25, 0.3) is 10.9 Å². The van der Waals surface area contributed by atoms with Crippen molar-refractivity contribution in [3.8, 4) is 5.75 Å². The summed E-state index contributed by atoms with van der Waals surface area (Å²) >= 11 is 3.55. The lowest BCUT2D eigenvalue weighted by atomic mass is 10.2. The Bertz CT molecular complexity index is 1450. The highest BCUT2D eigenvalue weighted by molar-refractivity contribution is 9.10. The quantitative estimate of drug-likeness (QED) is 0.330. The lowest BCUT2D eigenvalue weighted by Gasteiger charge is -2.12. The number of amides is 1. The van der Waals surface area contributed by atoms with Gasteiger partial charge in [-0.2, -0.15) is 5.10 Å². The first-order valence-corrected chi connectivity index (χ1v) is 12.9. The number of hydrogen-bond donors (Lipinski definition) is 2. The molecule has 0 aliphatic heterocycles. The minimum absolute atomic E-state index is 0.165. The summed E-state index contributed by atoms with van der Waals surface area (Å²) in [5.74, 6) is 1.91. The number of H-pyrrole nitrogens is 1. The molecule has 4 aromatic rings. The van der Waals surface area contributed by atoms with Crippen molar-refractivity contribution in [1.29, 1.82) is 0 Å². The lowest BCUT2D eigenvalue weighted by Crippen LogP contribution is -2.06. The van der Waals surface area contributed by atoms with Crippen LogP contribution in [0.15, 0.2) is 68.7 Å². The number of aromatic amines is 1. The second-order valence-electron chi connectivity index (χ2n) is 7.15. The molecule has 12 heteroatoms. The third-order valence-corrected chi connectivity index (χ3v) is 6.94. The van der Waals surface area contributed by atoms with Crippen molar-refractivity contribution in [3.63, 3.8) is 0 Å². The van der Waals surface area contributed by atoms with Crippen LogP contribution < -0.4 is 10.1 Å². The number of ether oxygens (including phenoxy) is 2. The van der Waals surface area contributed by atoms with Gasteiger partial charge in [0, 0.05) is 28.7 Å². The van der Waals surface area contributed by atoms with Crippen LogP contribution in [0.2, 0.25) is 0 Å². The molecule has 2 N–H and O–H groups in total. The highest BCUT2D eigenvalue weighted by atomic mass is 79.9. The fraction of sp³-hybridized carbons (Fsp3) is 0.182. The summed E-state index contributed by atoms with van der Waals surface area (Å²) in [7, 11) is -2.95. The van der Waals surface area contributed by atoms with Crippen LogP contribution in [0.3, 0.4) is 0 Å². The molecule has 0 aliphatic rings. The third-order valence-electron chi connectivity index (χ3n) is 4.69. The number of carbonyl (C=O) groups excluding carboxylic acids is 1. The van der Waals surface area contributed by atoms with E-state index in [9.17, 15) is 9.00 Å². The Morgan fingerprint density at radius 3 is 2.85 bits per heavy atom. The molecule has 0 saturated carbocycles. The molecule has 1 unspecified atom stereocenters. The second-order valence-corrected chi connectivity index (χ2v) is 10.3. The van der Waals surface area contributed by atoms with Gasteiger partial charge < -0.3 is 14.8 Å². The Kier molecular flexibility index (Phi) is 7.08. The van der Waals surface area contributed by atoms with E-state index in [-0.39, 0.29) is 13.2 Å². The zero-order valence-electron chi connectivity index (χ0n) is 18.3. The van der Waals surface area contributed by atoms with Gasteiger partial charge in [-0.1, -0.05) is 12.1 Å². The normalized spacial score (nSPS) is 12.7. The van der Waals surface area contributed by atoms with E-state index >= 15 is 0 Å². The monoisotopic (exact) mass is 544 g/mol. The van der Waals surface area contributed by atoms with Crippen LogP contribution in [0.5, 0.6) is 5.75 Å². The number of nitrogens with one attached hydrogen (secondary N) is 2. The Morgan fingerprint density at radius 2 is 2.09 bits per heavy atom. The van der Waals surface area contributed by atoms with Gasteiger partial charge in [0.25, 0.3) is 0 Å². The Balaban J connectivity index is 1.55. The summed E-state index contributed by atoms with van der Waals surface area (Å²) in [5.41, 5.74) is 1.45. The summed E-state index contributed by atoms with van der Waals surface area (Å²) < 4.78 is 28.1. The Morgan fingerprint density at radius 1 is 1.24 bits per heavy atom. The van der Waals surface area contributed by atoms with Crippen LogP contribution in [0, 0.1) is 0 Å². The highest BCUT2D eigenvalue weighted by Crippen LogP contribution is 2.33. The van der Waals surface area contributed by atoms with Gasteiger partial charge in [-0.05, 0) is 46.6 Å². The van der Waals surface area contributed by atoms with E-state index in [4.69, 9.17) is 9.47 Å². The predicted molar refractivity (Wildman–Crippen MR) is 132 cm³/mol. The summed E-state index contributed by atoms with van der Waals surface area (Å²) in [4.78, 5) is 20.7. The number of nitrogens with zero attached hydrogens (tertiary/aromatic N) is 4. The van der Waals surface area contributed by atoms with Gasteiger partial charge in [-0.25, -0.2) is 19.0 Å². The van der Waals surface area contributed by atoms with Gasteiger partial charge in [0.15, 0.2) is 0 Å². The van der Waals surface area contributed by atoms with Crippen molar-refractivity contribution < 1.29 is 18.5 Å². The molecule has 0 radical (unpaired) electrons.